The lowest BCUT2D eigenvalue weighted by Crippen LogP contribution is -2.21. The second-order valence-electron chi connectivity index (χ2n) is 5.89. The van der Waals surface area contributed by atoms with E-state index < -0.39 is 0 Å². The first-order chi connectivity index (χ1) is 11.1. The van der Waals surface area contributed by atoms with Gasteiger partial charge in [-0.05, 0) is 31.4 Å². The fourth-order valence-corrected chi connectivity index (χ4v) is 3.89. The number of halogens is 1. The zero-order valence-corrected chi connectivity index (χ0v) is 14.6. The zero-order valence-electron chi connectivity index (χ0n) is 13.1. The summed E-state index contributed by atoms with van der Waals surface area (Å²) in [5.74, 6) is -0.171. The van der Waals surface area contributed by atoms with Gasteiger partial charge in [-0.15, -0.1) is 0 Å². The Morgan fingerprint density at radius 3 is 2.83 bits per heavy atom. The number of nitrogens with zero attached hydrogens (tertiary/aromatic N) is 1. The summed E-state index contributed by atoms with van der Waals surface area (Å²) in [4.78, 5) is 17.3. The molecule has 0 aliphatic heterocycles. The summed E-state index contributed by atoms with van der Waals surface area (Å²) >= 11 is 7.54. The maximum Gasteiger partial charge on any atom is 0.267 e. The van der Waals surface area contributed by atoms with Crippen molar-refractivity contribution >= 4 is 39.7 Å². The van der Waals surface area contributed by atoms with E-state index in [-0.39, 0.29) is 5.91 Å². The highest BCUT2D eigenvalue weighted by molar-refractivity contribution is 7.17. The number of anilines is 2. The second kappa shape index (κ2) is 7.32. The molecule has 3 rings (SSSR count). The topological polar surface area (TPSA) is 54.0 Å². The average Bonchev–Trinajstić information content (AvgIpc) is 3.00. The molecule has 1 aliphatic carbocycles. The van der Waals surface area contributed by atoms with E-state index in [4.69, 9.17) is 11.6 Å². The molecule has 1 saturated carbocycles. The molecule has 1 heterocycles. The molecule has 6 heteroatoms. The third-order valence-corrected chi connectivity index (χ3v) is 5.37. The van der Waals surface area contributed by atoms with Gasteiger partial charge in [0.1, 0.15) is 4.88 Å². The van der Waals surface area contributed by atoms with Crippen LogP contribution >= 0.6 is 22.9 Å². The van der Waals surface area contributed by atoms with Gasteiger partial charge in [0.2, 0.25) is 0 Å². The third kappa shape index (κ3) is 4.03. The molecule has 122 valence electrons. The molecule has 1 aromatic carbocycles. The Morgan fingerprint density at radius 2 is 2.09 bits per heavy atom. The van der Waals surface area contributed by atoms with E-state index >= 15 is 0 Å². The number of carbonyl (C=O) groups excluding carboxylic acids is 1. The molecule has 1 amide bonds. The van der Waals surface area contributed by atoms with Gasteiger partial charge in [0.05, 0.1) is 16.9 Å². The van der Waals surface area contributed by atoms with E-state index in [2.05, 4.69) is 15.6 Å². The molecule has 0 radical (unpaired) electrons. The van der Waals surface area contributed by atoms with Crippen LogP contribution < -0.4 is 10.6 Å². The quantitative estimate of drug-likeness (QED) is 0.807. The van der Waals surface area contributed by atoms with Gasteiger partial charge in [0.25, 0.3) is 5.91 Å². The number of aromatic nitrogens is 1. The Labute approximate surface area is 145 Å². The monoisotopic (exact) mass is 349 g/mol. The van der Waals surface area contributed by atoms with Gasteiger partial charge < -0.3 is 10.6 Å². The van der Waals surface area contributed by atoms with Crippen molar-refractivity contribution in [1.82, 2.24) is 4.98 Å². The lowest BCUT2D eigenvalue weighted by molar-refractivity contribution is 0.103. The summed E-state index contributed by atoms with van der Waals surface area (Å²) < 4.78 is 0. The zero-order chi connectivity index (χ0) is 16.2. The summed E-state index contributed by atoms with van der Waals surface area (Å²) in [6.07, 6.45) is 7.84. The van der Waals surface area contributed by atoms with Crippen LogP contribution in [0.2, 0.25) is 5.02 Å². The van der Waals surface area contributed by atoms with Gasteiger partial charge in [0.15, 0.2) is 5.13 Å². The number of amides is 1. The van der Waals surface area contributed by atoms with E-state index in [1.165, 1.54) is 43.4 Å². The summed E-state index contributed by atoms with van der Waals surface area (Å²) in [6.45, 7) is 1.92. The average molecular weight is 350 g/mol. The van der Waals surface area contributed by atoms with E-state index in [9.17, 15) is 4.79 Å². The summed E-state index contributed by atoms with van der Waals surface area (Å²) in [7, 11) is 0. The number of carbonyl (C=O) groups is 1. The second-order valence-corrected chi connectivity index (χ2v) is 7.33. The Hall–Kier alpha value is -1.59. The van der Waals surface area contributed by atoms with Crippen molar-refractivity contribution in [2.45, 2.75) is 45.1 Å². The van der Waals surface area contributed by atoms with Crippen molar-refractivity contribution in [3.8, 4) is 0 Å². The van der Waals surface area contributed by atoms with Gasteiger partial charge in [-0.25, -0.2) is 4.98 Å². The lowest BCUT2D eigenvalue weighted by Gasteiger charge is -2.22. The Morgan fingerprint density at radius 1 is 1.30 bits per heavy atom. The molecule has 1 aliphatic rings. The van der Waals surface area contributed by atoms with Crippen molar-refractivity contribution in [3.63, 3.8) is 0 Å². The first kappa shape index (κ1) is 16.3. The van der Waals surface area contributed by atoms with E-state index in [1.807, 2.05) is 19.1 Å². The molecule has 2 aromatic rings. The molecule has 0 unspecified atom stereocenters. The largest absolute Gasteiger partial charge is 0.359 e. The maximum absolute atomic E-state index is 12.4. The van der Waals surface area contributed by atoms with E-state index in [1.54, 1.807) is 12.3 Å². The Bertz CT molecular complexity index is 675. The van der Waals surface area contributed by atoms with Crippen LogP contribution in [0.1, 0.15) is 47.3 Å². The highest BCUT2D eigenvalue weighted by Crippen LogP contribution is 2.28. The standard InChI is InChI=1S/C17H20ClN3OS/c1-11-6-5-9-13(18)15(11)21-16(22)14-10-19-17(23-14)20-12-7-3-2-4-8-12/h5-6,9-10,12H,2-4,7-8H2,1H3,(H,19,20)(H,21,22). The number of benzene rings is 1. The summed E-state index contributed by atoms with van der Waals surface area (Å²) in [6, 6.07) is 6.04. The van der Waals surface area contributed by atoms with Crippen LogP contribution in [0.4, 0.5) is 10.8 Å². The SMILES string of the molecule is Cc1cccc(Cl)c1NC(=O)c1cnc(NC2CCCCC2)s1. The molecular formula is C17H20ClN3OS. The molecule has 0 spiro atoms. The van der Waals surface area contributed by atoms with Crippen LogP contribution in [0.25, 0.3) is 0 Å². The molecule has 0 bridgehead atoms. The van der Waals surface area contributed by atoms with Crippen LogP contribution in [0.3, 0.4) is 0 Å². The fraction of sp³-hybridized carbons (Fsp3) is 0.412. The van der Waals surface area contributed by atoms with Gasteiger partial charge in [0, 0.05) is 6.04 Å². The number of hydrogen-bond acceptors (Lipinski definition) is 4. The van der Waals surface area contributed by atoms with Gasteiger partial charge in [-0.2, -0.15) is 0 Å². The van der Waals surface area contributed by atoms with Crippen molar-refractivity contribution in [2.75, 3.05) is 10.6 Å². The first-order valence-electron chi connectivity index (χ1n) is 7.92. The highest BCUT2D eigenvalue weighted by Gasteiger charge is 2.17. The smallest absolute Gasteiger partial charge is 0.267 e. The van der Waals surface area contributed by atoms with Crippen molar-refractivity contribution in [2.24, 2.45) is 0 Å². The minimum Gasteiger partial charge on any atom is -0.359 e. The minimum absolute atomic E-state index is 0.171. The predicted molar refractivity (Wildman–Crippen MR) is 96.8 cm³/mol. The lowest BCUT2D eigenvalue weighted by atomic mass is 9.96. The van der Waals surface area contributed by atoms with Gasteiger partial charge in [-0.3, -0.25) is 4.79 Å². The molecular weight excluding hydrogens is 330 g/mol. The highest BCUT2D eigenvalue weighted by atomic mass is 35.5. The Balaban J connectivity index is 1.66. The van der Waals surface area contributed by atoms with Crippen molar-refractivity contribution in [3.05, 3.63) is 39.9 Å². The van der Waals surface area contributed by atoms with Crippen molar-refractivity contribution in [1.29, 1.82) is 0 Å². The summed E-state index contributed by atoms with van der Waals surface area (Å²) in [5.41, 5.74) is 1.60. The number of aryl methyl sites for hydroxylation is 1. The van der Waals surface area contributed by atoms with Crippen LogP contribution in [0.5, 0.6) is 0 Å². The normalized spacial score (nSPS) is 15.4. The third-order valence-electron chi connectivity index (χ3n) is 4.12. The number of rotatable bonds is 4. The summed E-state index contributed by atoms with van der Waals surface area (Å²) in [5, 5.41) is 7.69. The molecule has 23 heavy (non-hydrogen) atoms. The van der Waals surface area contributed by atoms with Gasteiger partial charge in [-0.1, -0.05) is 54.3 Å². The van der Waals surface area contributed by atoms with Crippen molar-refractivity contribution < 1.29 is 4.79 Å². The van der Waals surface area contributed by atoms with Crippen LogP contribution in [0.15, 0.2) is 24.4 Å². The number of thiazole rings is 1. The van der Waals surface area contributed by atoms with E-state index in [0.717, 1.165) is 10.7 Å². The number of para-hydroxylation sites is 1. The molecule has 1 fully saturated rings. The van der Waals surface area contributed by atoms with Gasteiger partial charge >= 0.3 is 0 Å². The molecule has 2 N–H and O–H groups in total. The minimum atomic E-state index is -0.171. The fourth-order valence-electron chi connectivity index (χ4n) is 2.83. The molecule has 0 saturated heterocycles. The first-order valence-corrected chi connectivity index (χ1v) is 9.12. The number of nitrogens with one attached hydrogen (secondary N) is 2. The molecule has 1 aromatic heterocycles. The molecule has 4 nitrogen and oxygen atoms in total. The maximum atomic E-state index is 12.4. The Kier molecular flexibility index (Phi) is 5.18. The van der Waals surface area contributed by atoms with Crippen LogP contribution in [-0.2, 0) is 0 Å². The van der Waals surface area contributed by atoms with Crippen LogP contribution in [0, 0.1) is 6.92 Å². The van der Waals surface area contributed by atoms with Crippen LogP contribution in [-0.4, -0.2) is 16.9 Å². The number of hydrogen-bond donors (Lipinski definition) is 2. The molecule has 0 atom stereocenters. The van der Waals surface area contributed by atoms with E-state index in [0.29, 0.717) is 21.6 Å². The predicted octanol–water partition coefficient (Wildman–Crippen LogP) is 5.10.